The molecule has 1 saturated heterocycles. The fourth-order valence-electron chi connectivity index (χ4n) is 3.52. The highest BCUT2D eigenvalue weighted by molar-refractivity contribution is 7.07. The van der Waals surface area contributed by atoms with E-state index in [0.717, 1.165) is 49.4 Å². The van der Waals surface area contributed by atoms with Crippen molar-refractivity contribution >= 4 is 17.0 Å². The molecule has 0 N–H and O–H groups in total. The molecule has 1 atom stereocenters. The number of hydrogen-bond donors (Lipinski definition) is 0. The first kappa shape index (κ1) is 17.4. The molecule has 4 heterocycles. The van der Waals surface area contributed by atoms with Crippen LogP contribution in [0.2, 0.25) is 0 Å². The minimum absolute atomic E-state index is 0.0266. The van der Waals surface area contributed by atoms with Crippen molar-refractivity contribution in [3.63, 3.8) is 0 Å². The Bertz CT molecular complexity index is 930. The van der Waals surface area contributed by atoms with E-state index in [9.17, 15) is 4.79 Å². The van der Waals surface area contributed by atoms with Crippen LogP contribution in [0.4, 0.5) is 0 Å². The fourth-order valence-corrected chi connectivity index (χ4v) is 4.18. The van der Waals surface area contributed by atoms with Crippen molar-refractivity contribution in [3.8, 4) is 0 Å². The maximum atomic E-state index is 12.5. The lowest BCUT2D eigenvalue weighted by atomic mass is 10.2. The van der Waals surface area contributed by atoms with Gasteiger partial charge in [0.05, 0.1) is 11.8 Å². The molecule has 3 aromatic heterocycles. The Hall–Kier alpha value is -2.02. The van der Waals surface area contributed by atoms with E-state index in [-0.39, 0.29) is 11.7 Å². The summed E-state index contributed by atoms with van der Waals surface area (Å²) in [7, 11) is 0. The van der Waals surface area contributed by atoms with Crippen LogP contribution in [0.25, 0.3) is 5.65 Å². The summed E-state index contributed by atoms with van der Waals surface area (Å²) in [6.07, 6.45) is 4.28. The van der Waals surface area contributed by atoms with Crippen molar-refractivity contribution in [2.75, 3.05) is 13.2 Å². The van der Waals surface area contributed by atoms with Crippen LogP contribution in [-0.2, 0) is 17.8 Å². The molecule has 136 valence electrons. The van der Waals surface area contributed by atoms with Crippen molar-refractivity contribution in [2.24, 2.45) is 0 Å². The van der Waals surface area contributed by atoms with E-state index in [4.69, 9.17) is 9.72 Å². The topological polar surface area (TPSA) is 46.8 Å². The van der Waals surface area contributed by atoms with Crippen LogP contribution >= 0.6 is 11.3 Å². The minimum atomic E-state index is -0.0266. The average molecular weight is 369 g/mol. The quantitative estimate of drug-likeness (QED) is 0.669. The zero-order valence-electron chi connectivity index (χ0n) is 14.9. The SMILES string of the molecule is Cc1cccn2c(=O)cc(CN(Cc3ccsc3)C[C@@H]3CCCO3)nc12. The van der Waals surface area contributed by atoms with Gasteiger partial charge >= 0.3 is 0 Å². The van der Waals surface area contributed by atoms with Gasteiger partial charge in [0.25, 0.3) is 5.56 Å². The first-order valence-electron chi connectivity index (χ1n) is 9.02. The number of ether oxygens (including phenoxy) is 1. The van der Waals surface area contributed by atoms with Crippen LogP contribution in [0, 0.1) is 6.92 Å². The standard InChI is InChI=1S/C20H23N3O2S/c1-15-4-2-7-23-19(24)10-17(21-20(15)23)12-22(11-16-6-9-26-14-16)13-18-5-3-8-25-18/h2,4,6-7,9-10,14,18H,3,5,8,11-13H2,1H3/t18-/m0/s1. The molecule has 26 heavy (non-hydrogen) atoms. The number of aryl methyl sites for hydroxylation is 1. The second-order valence-corrected chi connectivity index (χ2v) is 7.69. The van der Waals surface area contributed by atoms with Gasteiger partial charge in [0.15, 0.2) is 0 Å². The van der Waals surface area contributed by atoms with Crippen molar-refractivity contribution in [2.45, 2.75) is 39.0 Å². The highest BCUT2D eigenvalue weighted by Gasteiger charge is 2.20. The lowest BCUT2D eigenvalue weighted by molar-refractivity contribution is 0.0675. The second kappa shape index (κ2) is 7.70. The molecule has 1 fully saturated rings. The van der Waals surface area contributed by atoms with E-state index in [0.29, 0.717) is 6.54 Å². The van der Waals surface area contributed by atoms with Gasteiger partial charge in [0.2, 0.25) is 0 Å². The first-order chi connectivity index (χ1) is 12.7. The molecule has 1 aliphatic rings. The van der Waals surface area contributed by atoms with Crippen LogP contribution in [0.15, 0.2) is 46.0 Å². The number of rotatable bonds is 6. The Morgan fingerprint density at radius 2 is 2.31 bits per heavy atom. The molecule has 1 aliphatic heterocycles. The van der Waals surface area contributed by atoms with Crippen molar-refractivity contribution in [1.29, 1.82) is 0 Å². The maximum absolute atomic E-state index is 12.5. The molecule has 3 aromatic rings. The van der Waals surface area contributed by atoms with E-state index in [1.54, 1.807) is 28.0 Å². The lowest BCUT2D eigenvalue weighted by Crippen LogP contribution is -2.32. The van der Waals surface area contributed by atoms with E-state index in [2.05, 4.69) is 21.7 Å². The molecule has 0 amide bonds. The van der Waals surface area contributed by atoms with Crippen LogP contribution in [0.3, 0.4) is 0 Å². The molecule has 0 saturated carbocycles. The summed E-state index contributed by atoms with van der Waals surface area (Å²) < 4.78 is 7.44. The Balaban J connectivity index is 1.60. The van der Waals surface area contributed by atoms with Crippen molar-refractivity contribution in [3.05, 3.63) is 68.4 Å². The Morgan fingerprint density at radius 1 is 1.38 bits per heavy atom. The molecule has 5 nitrogen and oxygen atoms in total. The molecule has 6 heteroatoms. The summed E-state index contributed by atoms with van der Waals surface area (Å²) in [5.41, 5.74) is 3.83. The number of thiophene rings is 1. The first-order valence-corrected chi connectivity index (χ1v) is 9.96. The largest absolute Gasteiger partial charge is 0.377 e. The van der Waals surface area contributed by atoms with Crippen LogP contribution in [0.5, 0.6) is 0 Å². The normalized spacial score (nSPS) is 17.4. The molecule has 0 spiro atoms. The summed E-state index contributed by atoms with van der Waals surface area (Å²) in [5, 5.41) is 4.28. The Kier molecular flexibility index (Phi) is 5.15. The molecule has 4 rings (SSSR count). The fraction of sp³-hybridized carbons (Fsp3) is 0.400. The zero-order chi connectivity index (χ0) is 17.9. The minimum Gasteiger partial charge on any atom is -0.377 e. The molecule has 0 aliphatic carbocycles. The van der Waals surface area contributed by atoms with E-state index in [1.807, 2.05) is 19.1 Å². The zero-order valence-corrected chi connectivity index (χ0v) is 15.7. The predicted molar refractivity (Wildman–Crippen MR) is 104 cm³/mol. The van der Waals surface area contributed by atoms with E-state index >= 15 is 0 Å². The summed E-state index contributed by atoms with van der Waals surface area (Å²) in [6, 6.07) is 7.68. The maximum Gasteiger partial charge on any atom is 0.258 e. The van der Waals surface area contributed by atoms with Gasteiger partial charge in [-0.3, -0.25) is 14.1 Å². The smallest absolute Gasteiger partial charge is 0.258 e. The summed E-state index contributed by atoms with van der Waals surface area (Å²) in [5.74, 6) is 0. The predicted octanol–water partition coefficient (Wildman–Crippen LogP) is 3.25. The van der Waals surface area contributed by atoms with E-state index < -0.39 is 0 Å². The number of pyridine rings is 1. The molecule has 0 unspecified atom stereocenters. The average Bonchev–Trinajstić information content (AvgIpc) is 3.30. The third kappa shape index (κ3) is 3.87. The molecule has 0 bridgehead atoms. The van der Waals surface area contributed by atoms with Gasteiger partial charge in [-0.2, -0.15) is 11.3 Å². The van der Waals surface area contributed by atoms with E-state index in [1.165, 1.54) is 5.56 Å². The highest BCUT2D eigenvalue weighted by Crippen LogP contribution is 2.18. The van der Waals surface area contributed by atoms with Gasteiger partial charge in [0.1, 0.15) is 5.65 Å². The third-order valence-electron chi connectivity index (χ3n) is 4.80. The molecule has 0 radical (unpaired) electrons. The van der Waals surface area contributed by atoms with Crippen LogP contribution in [0.1, 0.15) is 29.7 Å². The number of nitrogens with zero attached hydrogens (tertiary/aromatic N) is 3. The number of hydrogen-bond acceptors (Lipinski definition) is 5. The summed E-state index contributed by atoms with van der Waals surface area (Å²) >= 11 is 1.71. The number of fused-ring (bicyclic) bond motifs is 1. The van der Waals surface area contributed by atoms with Gasteiger partial charge in [-0.15, -0.1) is 0 Å². The van der Waals surface area contributed by atoms with Gasteiger partial charge in [-0.05, 0) is 53.8 Å². The van der Waals surface area contributed by atoms with Crippen LogP contribution < -0.4 is 5.56 Å². The van der Waals surface area contributed by atoms with Gasteiger partial charge in [-0.1, -0.05) is 6.07 Å². The van der Waals surface area contributed by atoms with Gasteiger partial charge in [0, 0.05) is 38.5 Å². The van der Waals surface area contributed by atoms with Crippen LogP contribution in [-0.4, -0.2) is 33.5 Å². The molecular formula is C20H23N3O2S. The number of aromatic nitrogens is 2. The summed E-state index contributed by atoms with van der Waals surface area (Å²) in [6.45, 7) is 5.20. The third-order valence-corrected chi connectivity index (χ3v) is 5.53. The van der Waals surface area contributed by atoms with Crippen molar-refractivity contribution < 1.29 is 4.74 Å². The Morgan fingerprint density at radius 3 is 3.08 bits per heavy atom. The molecular weight excluding hydrogens is 346 g/mol. The van der Waals surface area contributed by atoms with Gasteiger partial charge < -0.3 is 4.74 Å². The monoisotopic (exact) mass is 369 g/mol. The molecule has 0 aromatic carbocycles. The highest BCUT2D eigenvalue weighted by atomic mass is 32.1. The van der Waals surface area contributed by atoms with Crippen molar-refractivity contribution in [1.82, 2.24) is 14.3 Å². The van der Waals surface area contributed by atoms with Gasteiger partial charge in [-0.25, -0.2) is 4.98 Å². The second-order valence-electron chi connectivity index (χ2n) is 6.91. The Labute approximate surface area is 156 Å². The summed E-state index contributed by atoms with van der Waals surface area (Å²) in [4.78, 5) is 19.6. The lowest BCUT2D eigenvalue weighted by Gasteiger charge is -2.24.